The standard InChI is InChI=1S/C15H23F2O3PSeSi.C10H11F2O3PSe/c1-10-7-12(20-15(16)17)8-11(9-22-21)13(10)14(18)19-5-6-23(2,3)4;1-5-2-7(15-10(11)12)3-6(4-17-16)8(5)9(13)14/h7-8,15,21-22H,5-6,9H2,1-4H3;2-3,10,16-17H,4H2,1H3,(H,13,14). The molecule has 2 aromatic carbocycles. The molecule has 0 aliphatic carbocycles. The molecule has 0 saturated heterocycles. The van der Waals surface area contributed by atoms with E-state index < -0.39 is 27.3 Å². The Labute approximate surface area is 247 Å². The molecular weight excluding hydrogens is 720 g/mol. The number of aromatic carboxylic acids is 1. The van der Waals surface area contributed by atoms with Crippen LogP contribution in [0.25, 0.3) is 0 Å². The third kappa shape index (κ3) is 13.0. The Hall–Kier alpha value is -1.44. The molecule has 0 radical (unpaired) electrons. The summed E-state index contributed by atoms with van der Waals surface area (Å²) < 4.78 is 63.1. The number of hydrogen-bond acceptors (Lipinski definition) is 5. The molecule has 15 heteroatoms. The van der Waals surface area contributed by atoms with E-state index in [9.17, 15) is 27.2 Å². The first kappa shape index (κ1) is 36.6. The minimum absolute atomic E-state index is 0.00110. The number of carboxylic acids is 1. The van der Waals surface area contributed by atoms with Crippen LogP contribution in [-0.2, 0) is 15.4 Å². The van der Waals surface area contributed by atoms with Gasteiger partial charge in [0.25, 0.3) is 0 Å². The van der Waals surface area contributed by atoms with Crippen molar-refractivity contribution in [2.45, 2.75) is 63.4 Å². The number of ether oxygens (including phenoxy) is 3. The van der Waals surface area contributed by atoms with Crippen LogP contribution >= 0.6 is 15.0 Å². The summed E-state index contributed by atoms with van der Waals surface area (Å²) in [6.45, 7) is 4.51. The maximum absolute atomic E-state index is 12.4. The molecule has 0 aromatic heterocycles. The van der Waals surface area contributed by atoms with Gasteiger partial charge >= 0.3 is 249 Å². The van der Waals surface area contributed by atoms with Crippen LogP contribution in [0.3, 0.4) is 0 Å². The Morgan fingerprint density at radius 3 is 1.65 bits per heavy atom. The van der Waals surface area contributed by atoms with Gasteiger partial charge in [-0.05, 0) is 0 Å². The van der Waals surface area contributed by atoms with Crippen LogP contribution < -0.4 is 9.47 Å². The van der Waals surface area contributed by atoms with Gasteiger partial charge < -0.3 is 0 Å². The second-order valence-electron chi connectivity index (χ2n) is 9.69. The first-order valence-corrected chi connectivity index (χ1v) is 24.7. The van der Waals surface area contributed by atoms with Gasteiger partial charge in [0.1, 0.15) is 0 Å². The van der Waals surface area contributed by atoms with E-state index in [1.807, 2.05) is 0 Å². The van der Waals surface area contributed by atoms with E-state index in [4.69, 9.17) is 9.84 Å². The van der Waals surface area contributed by atoms with E-state index in [0.717, 1.165) is 6.04 Å². The van der Waals surface area contributed by atoms with Gasteiger partial charge in [-0.25, -0.2) is 0 Å². The number of hydrogen-bond donors (Lipinski definition) is 1. The summed E-state index contributed by atoms with van der Waals surface area (Å²) in [4.78, 5) is 23.4. The number of esters is 1. The zero-order valence-electron chi connectivity index (χ0n) is 22.7. The Morgan fingerprint density at radius 1 is 0.850 bits per heavy atom. The number of rotatable bonds is 13. The molecule has 2 aromatic rings. The van der Waals surface area contributed by atoms with Crippen molar-refractivity contribution < 1.29 is 46.5 Å². The first-order chi connectivity index (χ1) is 18.6. The molecule has 0 heterocycles. The Bertz CT molecular complexity index is 1210. The number of halogens is 4. The van der Waals surface area contributed by atoms with Gasteiger partial charge in [0, 0.05) is 0 Å². The summed E-state index contributed by atoms with van der Waals surface area (Å²) in [7, 11) is 5.51. The van der Waals surface area contributed by atoms with Gasteiger partial charge in [-0.3, -0.25) is 0 Å². The molecule has 6 nitrogen and oxygen atoms in total. The quantitative estimate of drug-likeness (QED) is 0.111. The predicted molar refractivity (Wildman–Crippen MR) is 159 cm³/mol. The van der Waals surface area contributed by atoms with Crippen molar-refractivity contribution >= 4 is 63.1 Å². The van der Waals surface area contributed by atoms with Gasteiger partial charge in [-0.15, -0.1) is 0 Å². The molecular formula is C25H34F4O6P2Se2Si. The number of carboxylic acid groups (broad SMARTS) is 1. The topological polar surface area (TPSA) is 82.1 Å². The van der Waals surface area contributed by atoms with Gasteiger partial charge in [0.05, 0.1) is 0 Å². The van der Waals surface area contributed by atoms with Crippen LogP contribution in [0.15, 0.2) is 24.3 Å². The number of carbonyl (C=O) groups excluding carboxylic acids is 1. The fraction of sp³-hybridized carbons (Fsp3) is 0.440. The van der Waals surface area contributed by atoms with Crippen LogP contribution in [0.2, 0.25) is 25.7 Å². The first-order valence-electron chi connectivity index (χ1n) is 11.8. The van der Waals surface area contributed by atoms with E-state index in [1.54, 1.807) is 13.8 Å². The zero-order chi connectivity index (χ0) is 30.6. The maximum atomic E-state index is 12.4. The van der Waals surface area contributed by atoms with Gasteiger partial charge in [-0.2, -0.15) is 0 Å². The third-order valence-electron chi connectivity index (χ3n) is 5.23. The van der Waals surface area contributed by atoms with Crippen molar-refractivity contribution in [3.8, 4) is 11.5 Å². The normalized spacial score (nSPS) is 11.2. The van der Waals surface area contributed by atoms with Crippen molar-refractivity contribution in [1.29, 1.82) is 0 Å². The van der Waals surface area contributed by atoms with Gasteiger partial charge in [0.2, 0.25) is 0 Å². The zero-order valence-corrected chi connectivity index (χ0v) is 29.4. The van der Waals surface area contributed by atoms with E-state index in [-0.39, 0.29) is 51.1 Å². The van der Waals surface area contributed by atoms with Crippen LogP contribution in [0.1, 0.15) is 43.0 Å². The van der Waals surface area contributed by atoms with Crippen molar-refractivity contribution in [3.05, 3.63) is 57.6 Å². The molecule has 0 saturated carbocycles. The fourth-order valence-electron chi connectivity index (χ4n) is 3.53. The Morgan fingerprint density at radius 2 is 1.27 bits per heavy atom. The van der Waals surface area contributed by atoms with Gasteiger partial charge in [-0.1, -0.05) is 0 Å². The summed E-state index contributed by atoms with van der Waals surface area (Å²) >= 11 is -0.421. The molecule has 0 unspecified atom stereocenters. The van der Waals surface area contributed by atoms with E-state index in [2.05, 4.69) is 44.1 Å². The molecule has 2 rings (SSSR count). The summed E-state index contributed by atoms with van der Waals surface area (Å²) in [6, 6.07) is 6.52. The Balaban J connectivity index is 0.000000418. The Kier molecular flexibility index (Phi) is 16.0. The van der Waals surface area contributed by atoms with Crippen molar-refractivity contribution in [2.24, 2.45) is 0 Å². The van der Waals surface area contributed by atoms with Gasteiger partial charge in [0.15, 0.2) is 0 Å². The number of alkyl halides is 4. The molecule has 0 fully saturated rings. The van der Waals surface area contributed by atoms with Crippen molar-refractivity contribution in [3.63, 3.8) is 0 Å². The van der Waals surface area contributed by atoms with Crippen LogP contribution in [0.5, 0.6) is 11.5 Å². The number of aryl methyl sites for hydroxylation is 2. The predicted octanol–water partition coefficient (Wildman–Crippen LogP) is 6.37. The van der Waals surface area contributed by atoms with E-state index in [1.165, 1.54) is 24.3 Å². The second-order valence-corrected chi connectivity index (χ2v) is 21.3. The van der Waals surface area contributed by atoms with Crippen molar-refractivity contribution in [1.82, 2.24) is 0 Å². The monoisotopic (exact) mass is 756 g/mol. The summed E-state index contributed by atoms with van der Waals surface area (Å²) in [5.74, 6) is -1.37. The molecule has 224 valence electrons. The molecule has 0 aliphatic rings. The fourth-order valence-corrected chi connectivity index (χ4v) is 7.78. The molecule has 0 spiro atoms. The number of carbonyl (C=O) groups is 2. The molecule has 0 amide bonds. The molecule has 0 aliphatic heterocycles. The summed E-state index contributed by atoms with van der Waals surface area (Å²) in [5, 5.41) is 10.2. The number of benzene rings is 2. The van der Waals surface area contributed by atoms with Crippen LogP contribution in [0, 0.1) is 13.8 Å². The molecule has 40 heavy (non-hydrogen) atoms. The van der Waals surface area contributed by atoms with Crippen molar-refractivity contribution in [2.75, 3.05) is 6.61 Å². The second kappa shape index (κ2) is 17.5. The van der Waals surface area contributed by atoms with E-state index >= 15 is 0 Å². The minimum atomic E-state index is -2.91. The third-order valence-corrected chi connectivity index (χ3v) is 10.7. The average molecular weight is 754 g/mol. The SMILES string of the molecule is Cc1cc(OC(F)F)cc(C[SeH]=P)c1C(=O)O.Cc1cc(OC(F)F)cc(C[SeH]=P)c1C(=O)OCC[Si](C)(C)C. The molecule has 0 atom stereocenters. The summed E-state index contributed by atoms with van der Waals surface area (Å²) in [5.41, 5.74) is 2.86. The molecule has 1 N–H and O–H groups in total. The van der Waals surface area contributed by atoms with Crippen LogP contribution in [-0.4, -0.2) is 73.0 Å². The van der Waals surface area contributed by atoms with E-state index in [0.29, 0.717) is 45.1 Å². The summed E-state index contributed by atoms with van der Waals surface area (Å²) in [6.07, 6.45) is 0. The average Bonchev–Trinajstić information content (AvgIpc) is 2.77. The van der Waals surface area contributed by atoms with Crippen LogP contribution in [0.4, 0.5) is 17.6 Å². The molecule has 0 bridgehead atoms.